The van der Waals surface area contributed by atoms with Gasteiger partial charge in [-0.1, -0.05) is 20.8 Å². The van der Waals surface area contributed by atoms with Crippen LogP contribution in [0.5, 0.6) is 0 Å². The van der Waals surface area contributed by atoms with Crippen LogP contribution in [-0.2, 0) is 19.4 Å². The van der Waals surface area contributed by atoms with Crippen molar-refractivity contribution in [2.75, 3.05) is 18.1 Å². The predicted molar refractivity (Wildman–Crippen MR) is 81.7 cm³/mol. The lowest BCUT2D eigenvalue weighted by Gasteiger charge is -2.38. The fraction of sp³-hybridized carbons (Fsp3) is 0.933. The van der Waals surface area contributed by atoms with Crippen LogP contribution in [0, 0.1) is 11.3 Å². The Hall–Kier alpha value is -0.620. The van der Waals surface area contributed by atoms with E-state index in [9.17, 15) is 13.2 Å². The molecule has 1 N–H and O–H groups in total. The third-order valence-electron chi connectivity index (χ3n) is 4.36. The molecule has 2 aliphatic rings. The van der Waals surface area contributed by atoms with Crippen molar-refractivity contribution in [1.82, 2.24) is 5.32 Å². The zero-order valence-electron chi connectivity index (χ0n) is 13.2. The Balaban J connectivity index is 1.84. The van der Waals surface area contributed by atoms with Gasteiger partial charge in [0.15, 0.2) is 9.84 Å². The standard InChI is InChI=1S/C15H27NO4S/c1-11-6-13(9-15(2,3)8-11)20-14(17)7-12-10-21(18,19)5-4-16-12/h11-13,16H,4-10H2,1-3H3. The molecule has 0 amide bonds. The van der Waals surface area contributed by atoms with E-state index in [4.69, 9.17) is 4.74 Å². The van der Waals surface area contributed by atoms with E-state index in [-0.39, 0.29) is 41.5 Å². The number of esters is 1. The summed E-state index contributed by atoms with van der Waals surface area (Å²) in [4.78, 5) is 12.1. The third kappa shape index (κ3) is 5.25. The van der Waals surface area contributed by atoms with Gasteiger partial charge in [-0.2, -0.15) is 0 Å². The Morgan fingerprint density at radius 2 is 2.05 bits per heavy atom. The molecule has 6 heteroatoms. The van der Waals surface area contributed by atoms with Gasteiger partial charge in [-0.05, 0) is 30.6 Å². The first kappa shape index (κ1) is 16.7. The number of carbonyl (C=O) groups excluding carboxylic acids is 1. The van der Waals surface area contributed by atoms with Crippen molar-refractivity contribution in [3.05, 3.63) is 0 Å². The monoisotopic (exact) mass is 317 g/mol. The molecule has 0 spiro atoms. The molecule has 1 aliphatic heterocycles. The Morgan fingerprint density at radius 1 is 1.33 bits per heavy atom. The lowest BCUT2D eigenvalue weighted by molar-refractivity contribution is -0.153. The van der Waals surface area contributed by atoms with Crippen molar-refractivity contribution in [3.63, 3.8) is 0 Å². The van der Waals surface area contributed by atoms with E-state index in [1.807, 2.05) is 0 Å². The second-order valence-electron chi connectivity index (χ2n) is 7.49. The van der Waals surface area contributed by atoms with E-state index < -0.39 is 9.84 Å². The van der Waals surface area contributed by atoms with Gasteiger partial charge >= 0.3 is 5.97 Å². The molecule has 1 aliphatic carbocycles. The summed E-state index contributed by atoms with van der Waals surface area (Å²) in [6.45, 7) is 7.03. The number of carbonyl (C=O) groups is 1. The summed E-state index contributed by atoms with van der Waals surface area (Å²) in [5.74, 6) is 0.473. The number of rotatable bonds is 3. The highest BCUT2D eigenvalue weighted by Crippen LogP contribution is 2.39. The molecule has 0 aromatic rings. The summed E-state index contributed by atoms with van der Waals surface area (Å²) >= 11 is 0. The van der Waals surface area contributed by atoms with Gasteiger partial charge in [0, 0.05) is 12.6 Å². The van der Waals surface area contributed by atoms with Crippen molar-refractivity contribution in [1.29, 1.82) is 0 Å². The van der Waals surface area contributed by atoms with E-state index in [1.54, 1.807) is 0 Å². The van der Waals surface area contributed by atoms with Crippen LogP contribution in [0.2, 0.25) is 0 Å². The highest BCUT2D eigenvalue weighted by Gasteiger charge is 2.34. The summed E-state index contributed by atoms with van der Waals surface area (Å²) in [5.41, 5.74) is 0.203. The molecule has 0 radical (unpaired) electrons. The summed E-state index contributed by atoms with van der Waals surface area (Å²) in [7, 11) is -3.01. The average molecular weight is 317 g/mol. The Labute approximate surface area is 127 Å². The van der Waals surface area contributed by atoms with E-state index in [1.165, 1.54) is 0 Å². The van der Waals surface area contributed by atoms with Crippen LogP contribution in [-0.4, -0.2) is 44.6 Å². The molecule has 21 heavy (non-hydrogen) atoms. The number of sulfone groups is 1. The van der Waals surface area contributed by atoms with Crippen LogP contribution in [0.25, 0.3) is 0 Å². The van der Waals surface area contributed by atoms with E-state index in [0.29, 0.717) is 12.5 Å². The van der Waals surface area contributed by atoms with Crippen LogP contribution in [0.4, 0.5) is 0 Å². The van der Waals surface area contributed by atoms with Crippen LogP contribution >= 0.6 is 0 Å². The lowest BCUT2D eigenvalue weighted by Crippen LogP contribution is -2.46. The van der Waals surface area contributed by atoms with Gasteiger partial charge < -0.3 is 10.1 Å². The largest absolute Gasteiger partial charge is 0.462 e. The van der Waals surface area contributed by atoms with Crippen LogP contribution < -0.4 is 5.32 Å². The summed E-state index contributed by atoms with van der Waals surface area (Å²) in [5, 5.41) is 3.09. The lowest BCUT2D eigenvalue weighted by atomic mass is 9.71. The summed E-state index contributed by atoms with van der Waals surface area (Å²) in [6.07, 6.45) is 3.07. The first-order chi connectivity index (χ1) is 9.65. The maximum Gasteiger partial charge on any atom is 0.307 e. The van der Waals surface area contributed by atoms with Gasteiger partial charge in [0.25, 0.3) is 0 Å². The van der Waals surface area contributed by atoms with Gasteiger partial charge in [-0.3, -0.25) is 4.79 Å². The smallest absolute Gasteiger partial charge is 0.307 e. The summed E-state index contributed by atoms with van der Waals surface area (Å²) in [6, 6.07) is -0.301. The van der Waals surface area contributed by atoms with E-state index >= 15 is 0 Å². The van der Waals surface area contributed by atoms with E-state index in [2.05, 4.69) is 26.1 Å². The Kier molecular flexibility index (Phi) is 4.98. The normalized spacial score (nSPS) is 35.1. The van der Waals surface area contributed by atoms with Crippen molar-refractivity contribution in [2.45, 2.75) is 58.6 Å². The molecule has 2 rings (SSSR count). The first-order valence-corrected chi connectivity index (χ1v) is 9.61. The van der Waals surface area contributed by atoms with Gasteiger partial charge in [0.05, 0.1) is 17.9 Å². The van der Waals surface area contributed by atoms with Crippen LogP contribution in [0.3, 0.4) is 0 Å². The number of ether oxygens (including phenoxy) is 1. The average Bonchev–Trinajstić information content (AvgIpc) is 2.23. The molecule has 1 heterocycles. The minimum Gasteiger partial charge on any atom is -0.462 e. The van der Waals surface area contributed by atoms with Crippen LogP contribution in [0.15, 0.2) is 0 Å². The molecule has 0 aromatic heterocycles. The van der Waals surface area contributed by atoms with Gasteiger partial charge in [0.2, 0.25) is 0 Å². The van der Waals surface area contributed by atoms with Crippen molar-refractivity contribution in [2.24, 2.45) is 11.3 Å². The molecule has 3 atom stereocenters. The minimum absolute atomic E-state index is 0.0311. The maximum absolute atomic E-state index is 12.1. The molecule has 3 unspecified atom stereocenters. The molecular weight excluding hydrogens is 290 g/mol. The highest BCUT2D eigenvalue weighted by molar-refractivity contribution is 7.91. The molecule has 1 saturated carbocycles. The number of hydrogen-bond acceptors (Lipinski definition) is 5. The molecule has 1 saturated heterocycles. The van der Waals surface area contributed by atoms with Gasteiger partial charge in [-0.25, -0.2) is 8.42 Å². The quantitative estimate of drug-likeness (QED) is 0.799. The van der Waals surface area contributed by atoms with Crippen molar-refractivity contribution >= 4 is 15.8 Å². The fourth-order valence-corrected chi connectivity index (χ4v) is 5.23. The Morgan fingerprint density at radius 3 is 2.67 bits per heavy atom. The highest BCUT2D eigenvalue weighted by atomic mass is 32.2. The molecule has 0 bridgehead atoms. The first-order valence-electron chi connectivity index (χ1n) is 7.78. The number of hydrogen-bond donors (Lipinski definition) is 1. The molecule has 122 valence electrons. The SMILES string of the molecule is CC1CC(OC(=O)CC2CS(=O)(=O)CCN2)CC(C)(C)C1. The zero-order chi connectivity index (χ0) is 15.7. The molecule has 2 fully saturated rings. The van der Waals surface area contributed by atoms with Crippen molar-refractivity contribution < 1.29 is 17.9 Å². The maximum atomic E-state index is 12.1. The number of nitrogens with one attached hydrogen (secondary N) is 1. The van der Waals surface area contributed by atoms with Crippen molar-refractivity contribution in [3.8, 4) is 0 Å². The molecular formula is C15H27NO4S. The fourth-order valence-electron chi connectivity index (χ4n) is 3.78. The predicted octanol–water partition coefficient (Wildman–Crippen LogP) is 1.52. The third-order valence-corrected chi connectivity index (χ3v) is 6.10. The topological polar surface area (TPSA) is 72.5 Å². The van der Waals surface area contributed by atoms with Crippen LogP contribution in [0.1, 0.15) is 46.5 Å². The summed E-state index contributed by atoms with van der Waals surface area (Å²) < 4.78 is 28.7. The van der Waals surface area contributed by atoms with Gasteiger partial charge in [-0.15, -0.1) is 0 Å². The molecule has 0 aromatic carbocycles. The van der Waals surface area contributed by atoms with Gasteiger partial charge in [0.1, 0.15) is 6.10 Å². The zero-order valence-corrected chi connectivity index (χ0v) is 14.0. The second kappa shape index (κ2) is 6.24. The second-order valence-corrected chi connectivity index (χ2v) is 9.72. The minimum atomic E-state index is -3.01. The molecule has 5 nitrogen and oxygen atoms in total. The Bertz CT molecular complexity index is 486. The van der Waals surface area contributed by atoms with E-state index in [0.717, 1.165) is 19.3 Å².